The van der Waals surface area contributed by atoms with E-state index in [1.165, 1.54) is 12.1 Å². The Balaban J connectivity index is 2.34. The molecule has 0 fully saturated rings. The van der Waals surface area contributed by atoms with Gasteiger partial charge < -0.3 is 5.73 Å². The second-order valence-electron chi connectivity index (χ2n) is 4.28. The van der Waals surface area contributed by atoms with Crippen LogP contribution >= 0.6 is 0 Å². The highest BCUT2D eigenvalue weighted by Gasteiger charge is 2.10. The lowest BCUT2D eigenvalue weighted by Crippen LogP contribution is -2.01. The van der Waals surface area contributed by atoms with Crippen molar-refractivity contribution in [3.8, 4) is 5.69 Å². The van der Waals surface area contributed by atoms with Gasteiger partial charge in [-0.1, -0.05) is 12.1 Å². The zero-order valence-electron chi connectivity index (χ0n) is 9.89. The molecule has 0 saturated carbocycles. The second kappa shape index (κ2) is 3.84. The van der Waals surface area contributed by atoms with Crippen molar-refractivity contribution in [2.24, 2.45) is 0 Å². The fourth-order valence-corrected chi connectivity index (χ4v) is 2.16. The first-order valence-electron chi connectivity index (χ1n) is 5.66. The zero-order chi connectivity index (χ0) is 12.7. The van der Waals surface area contributed by atoms with Crippen LogP contribution in [0.15, 0.2) is 42.5 Å². The molecule has 0 unspecified atom stereocenters. The fourth-order valence-electron chi connectivity index (χ4n) is 2.16. The molecule has 3 aromatic rings. The molecule has 0 aliphatic rings. The van der Waals surface area contributed by atoms with Gasteiger partial charge in [-0.15, -0.1) is 0 Å². The SMILES string of the molecule is Cc1cc(F)cc(-n2c(N)nc3ccccc32)c1. The predicted molar refractivity (Wildman–Crippen MR) is 70.2 cm³/mol. The molecular formula is C14H12FN3. The Morgan fingerprint density at radius 3 is 2.72 bits per heavy atom. The van der Waals surface area contributed by atoms with Crippen LogP contribution in [0.2, 0.25) is 0 Å². The molecule has 0 spiro atoms. The summed E-state index contributed by atoms with van der Waals surface area (Å²) in [6.07, 6.45) is 0. The van der Waals surface area contributed by atoms with Gasteiger partial charge in [0, 0.05) is 0 Å². The molecule has 0 aliphatic heterocycles. The Labute approximate surface area is 104 Å². The molecule has 1 heterocycles. The molecule has 2 N–H and O–H groups in total. The molecule has 0 amide bonds. The lowest BCUT2D eigenvalue weighted by Gasteiger charge is -2.07. The van der Waals surface area contributed by atoms with Gasteiger partial charge in [-0.05, 0) is 42.8 Å². The standard InChI is InChI=1S/C14H12FN3/c1-9-6-10(15)8-11(7-9)18-13-5-3-2-4-12(13)17-14(18)16/h2-8H,1H3,(H2,16,17). The van der Waals surface area contributed by atoms with Gasteiger partial charge >= 0.3 is 0 Å². The minimum absolute atomic E-state index is 0.276. The Morgan fingerprint density at radius 1 is 1.17 bits per heavy atom. The Bertz CT molecular complexity index is 711. The maximum atomic E-state index is 13.5. The summed E-state index contributed by atoms with van der Waals surface area (Å²) < 4.78 is 15.2. The average molecular weight is 241 g/mol. The summed E-state index contributed by atoms with van der Waals surface area (Å²) in [7, 11) is 0. The highest BCUT2D eigenvalue weighted by Crippen LogP contribution is 2.23. The summed E-state index contributed by atoms with van der Waals surface area (Å²) in [4.78, 5) is 4.27. The first-order chi connectivity index (χ1) is 8.65. The molecule has 0 bridgehead atoms. The predicted octanol–water partition coefficient (Wildman–Crippen LogP) is 3.06. The largest absolute Gasteiger partial charge is 0.369 e. The third-order valence-electron chi connectivity index (χ3n) is 2.87. The molecule has 1 aromatic heterocycles. The minimum atomic E-state index is -0.276. The van der Waals surface area contributed by atoms with E-state index in [0.29, 0.717) is 11.6 Å². The van der Waals surface area contributed by atoms with Gasteiger partial charge in [0.2, 0.25) is 5.95 Å². The van der Waals surface area contributed by atoms with Crippen LogP contribution in [0.5, 0.6) is 0 Å². The smallest absolute Gasteiger partial charge is 0.205 e. The van der Waals surface area contributed by atoms with E-state index in [-0.39, 0.29) is 5.82 Å². The van der Waals surface area contributed by atoms with E-state index in [4.69, 9.17) is 5.73 Å². The van der Waals surface area contributed by atoms with E-state index < -0.39 is 0 Å². The van der Waals surface area contributed by atoms with Crippen molar-refractivity contribution in [1.82, 2.24) is 9.55 Å². The van der Waals surface area contributed by atoms with Crippen LogP contribution in [0, 0.1) is 12.7 Å². The van der Waals surface area contributed by atoms with Gasteiger partial charge in [0.15, 0.2) is 0 Å². The number of imidazole rings is 1. The first-order valence-corrected chi connectivity index (χ1v) is 5.66. The maximum absolute atomic E-state index is 13.5. The Morgan fingerprint density at radius 2 is 1.94 bits per heavy atom. The third kappa shape index (κ3) is 1.62. The molecule has 0 aliphatic carbocycles. The van der Waals surface area contributed by atoms with E-state index >= 15 is 0 Å². The molecule has 0 saturated heterocycles. The van der Waals surface area contributed by atoms with Crippen molar-refractivity contribution in [3.63, 3.8) is 0 Å². The quantitative estimate of drug-likeness (QED) is 0.711. The Kier molecular flexibility index (Phi) is 2.30. The van der Waals surface area contributed by atoms with Crippen molar-refractivity contribution in [3.05, 3.63) is 53.8 Å². The molecule has 3 rings (SSSR count). The van der Waals surface area contributed by atoms with Gasteiger partial charge in [0.25, 0.3) is 0 Å². The van der Waals surface area contributed by atoms with Crippen LogP contribution < -0.4 is 5.73 Å². The molecular weight excluding hydrogens is 229 g/mol. The molecule has 18 heavy (non-hydrogen) atoms. The number of benzene rings is 2. The second-order valence-corrected chi connectivity index (χ2v) is 4.28. The number of hydrogen-bond acceptors (Lipinski definition) is 2. The molecule has 3 nitrogen and oxygen atoms in total. The summed E-state index contributed by atoms with van der Waals surface area (Å²) in [6, 6.07) is 12.4. The number of aryl methyl sites for hydroxylation is 1. The normalized spacial score (nSPS) is 11.0. The lowest BCUT2D eigenvalue weighted by molar-refractivity contribution is 0.625. The average Bonchev–Trinajstić information content (AvgIpc) is 2.63. The number of aromatic nitrogens is 2. The van der Waals surface area contributed by atoms with Crippen molar-refractivity contribution in [2.45, 2.75) is 6.92 Å². The highest BCUT2D eigenvalue weighted by atomic mass is 19.1. The van der Waals surface area contributed by atoms with Crippen molar-refractivity contribution in [1.29, 1.82) is 0 Å². The number of nitrogen functional groups attached to an aromatic ring is 1. The Hall–Kier alpha value is -2.36. The number of rotatable bonds is 1. The minimum Gasteiger partial charge on any atom is -0.369 e. The molecule has 4 heteroatoms. The van der Waals surface area contributed by atoms with E-state index in [1.807, 2.05) is 37.3 Å². The third-order valence-corrected chi connectivity index (χ3v) is 2.87. The summed E-state index contributed by atoms with van der Waals surface area (Å²) in [5.74, 6) is 0.0865. The number of hydrogen-bond donors (Lipinski definition) is 1. The van der Waals surface area contributed by atoms with E-state index in [9.17, 15) is 4.39 Å². The fraction of sp³-hybridized carbons (Fsp3) is 0.0714. The van der Waals surface area contributed by atoms with Crippen LogP contribution in [-0.4, -0.2) is 9.55 Å². The van der Waals surface area contributed by atoms with Crippen molar-refractivity contribution in [2.75, 3.05) is 5.73 Å². The number of nitrogens with two attached hydrogens (primary N) is 1. The van der Waals surface area contributed by atoms with Gasteiger partial charge in [0.1, 0.15) is 5.82 Å². The van der Waals surface area contributed by atoms with Crippen LogP contribution in [0.4, 0.5) is 10.3 Å². The number of nitrogens with zero attached hydrogens (tertiary/aromatic N) is 2. The topological polar surface area (TPSA) is 43.8 Å². The van der Waals surface area contributed by atoms with E-state index in [2.05, 4.69) is 4.98 Å². The number of anilines is 1. The van der Waals surface area contributed by atoms with Crippen LogP contribution in [0.3, 0.4) is 0 Å². The summed E-state index contributed by atoms with van der Waals surface area (Å²) in [5, 5.41) is 0. The zero-order valence-corrected chi connectivity index (χ0v) is 9.89. The monoisotopic (exact) mass is 241 g/mol. The summed E-state index contributed by atoms with van der Waals surface area (Å²) in [6.45, 7) is 1.85. The number of fused-ring (bicyclic) bond motifs is 1. The van der Waals surface area contributed by atoms with Crippen LogP contribution in [-0.2, 0) is 0 Å². The lowest BCUT2D eigenvalue weighted by atomic mass is 10.2. The number of halogens is 1. The molecule has 0 radical (unpaired) electrons. The van der Waals surface area contributed by atoms with Gasteiger partial charge in [0.05, 0.1) is 16.7 Å². The van der Waals surface area contributed by atoms with Crippen molar-refractivity contribution < 1.29 is 4.39 Å². The van der Waals surface area contributed by atoms with E-state index in [0.717, 1.165) is 16.6 Å². The van der Waals surface area contributed by atoms with Crippen LogP contribution in [0.1, 0.15) is 5.56 Å². The van der Waals surface area contributed by atoms with Gasteiger partial charge in [-0.25, -0.2) is 9.37 Å². The maximum Gasteiger partial charge on any atom is 0.205 e. The number of para-hydroxylation sites is 2. The summed E-state index contributed by atoms with van der Waals surface area (Å²) in [5.41, 5.74) is 9.14. The van der Waals surface area contributed by atoms with Gasteiger partial charge in [-0.2, -0.15) is 0 Å². The highest BCUT2D eigenvalue weighted by molar-refractivity contribution is 5.80. The van der Waals surface area contributed by atoms with Crippen LogP contribution in [0.25, 0.3) is 16.7 Å². The van der Waals surface area contributed by atoms with Crippen molar-refractivity contribution >= 4 is 17.0 Å². The molecule has 90 valence electrons. The van der Waals surface area contributed by atoms with E-state index in [1.54, 1.807) is 4.57 Å². The van der Waals surface area contributed by atoms with Gasteiger partial charge in [-0.3, -0.25) is 4.57 Å². The summed E-state index contributed by atoms with van der Waals surface area (Å²) >= 11 is 0. The molecule has 2 aromatic carbocycles. The molecule has 0 atom stereocenters. The first kappa shape index (κ1) is 10.8.